The SMILES string of the molecule is CB(C)O[C@@H](Oc1cc(C(=O)Nc2ccc(C(=O)N3C[C@@H](C)N[C@@H](C)C3)cc2)nnc1N)c1c(Cl)ccc(F)c1Cl.CB(C)O[C@@H](Oc1cc(C(=O)Nc2ccc(C(=O)O)cc2)nnc1N)c1c(Cl)ccc(F)c1Cl.C[C@@H]1CN(C(=O)c2ccc(NC(=O)c3cc(O[C@H](C)c4c(Cl)ccc(F)c4Cl)c(N)nn3)cc2)C[C@H](C)N1.C[C@@H]1CNC[C@H](C)N1. The standard InChI is InChI=1S/C27H30BCl2FN6O4.C26H27Cl2FN6O3.C21H18BCl2FN4O5.C6H14N2/c1-14-12-37(13-15(2)33-14)26(39)16-5-7-17(8-6-16)34-25(38)20-11-21(24(32)36-35-20)40-27(41-28(3)4)22-18(29)9-10-19(31)23(22)30;1-13-11-35(12-14(2)31-13)26(37)16-4-6-17(7-5-16)32-25(36)20-10-21(24(30)34-33-20)38-15(3)22-18(27)8-9-19(29)23(22)28;1-22(2)34-21(16-12(23)7-8-13(25)17(16)24)33-15-9-14(28-29-18(15)26)19(30)27-11-5-3-10(4-6-11)20(31)32;1-5-3-7-4-6(2)8-5/h5-11,14-15,27,33H,12-13H2,1-4H3,(H2,32,36)(H,34,38);4-10,13-15,31H,11-12H2,1-3H3,(H2,30,34)(H,32,36);3-9,21H,1-2H3,(H2,26,29)(H,27,30)(H,31,32);5-8H,3-4H2,1-2H3/t14-,15+,27-;13-,14+,15-;21-;5-,6+/m111./s1. The lowest BCUT2D eigenvalue weighted by Gasteiger charge is -2.36. The minimum absolute atomic E-state index is 0.0396. The number of piperazine rings is 3. The molecule has 3 aromatic heterocycles. The van der Waals surface area contributed by atoms with Gasteiger partial charge in [-0.15, -0.1) is 30.6 Å². The number of hydrogen-bond donors (Lipinski definition) is 11. The first kappa shape index (κ1) is 94.5. The molecule has 0 saturated carbocycles. The summed E-state index contributed by atoms with van der Waals surface area (Å²) in [5, 5.41) is 53.0. The van der Waals surface area contributed by atoms with E-state index in [1.807, 2.05) is 37.5 Å². The van der Waals surface area contributed by atoms with E-state index in [2.05, 4.69) is 81.7 Å². The number of halogens is 9. The minimum Gasteiger partial charge on any atom is -0.482 e. The molecule has 640 valence electrons. The Morgan fingerprint density at radius 3 is 1.02 bits per heavy atom. The number of aromatic nitrogens is 6. The molecule has 3 aliphatic rings. The van der Waals surface area contributed by atoms with Crippen LogP contribution in [-0.2, 0) is 9.31 Å². The summed E-state index contributed by atoms with van der Waals surface area (Å²) >= 11 is 37.0. The van der Waals surface area contributed by atoms with Crippen molar-refractivity contribution in [1.82, 2.24) is 61.7 Å². The topological polar surface area (TPSA) is 415 Å². The van der Waals surface area contributed by atoms with Crippen molar-refractivity contribution in [2.24, 2.45) is 0 Å². The summed E-state index contributed by atoms with van der Waals surface area (Å²) in [6.45, 7) is 25.0. The Hall–Kier alpha value is -10.4. The van der Waals surface area contributed by atoms with Gasteiger partial charge in [0.05, 0.1) is 41.8 Å². The third-order valence-electron chi connectivity index (χ3n) is 18.1. The number of aromatic carboxylic acids is 1. The molecule has 14 N–H and O–H groups in total. The summed E-state index contributed by atoms with van der Waals surface area (Å²) in [4.78, 5) is 78.9. The van der Waals surface area contributed by atoms with Gasteiger partial charge in [-0.3, -0.25) is 24.0 Å². The Labute approximate surface area is 727 Å². The zero-order chi connectivity index (χ0) is 88.4. The molecule has 41 heteroatoms. The molecule has 0 aliphatic carbocycles. The van der Waals surface area contributed by atoms with Crippen molar-refractivity contribution >= 4 is 153 Å². The van der Waals surface area contributed by atoms with Gasteiger partial charge in [-0.05, 0) is 158 Å². The molecule has 30 nitrogen and oxygen atoms in total. The van der Waals surface area contributed by atoms with Gasteiger partial charge in [0, 0.05) is 132 Å². The van der Waals surface area contributed by atoms with Crippen LogP contribution in [-0.4, -0.2) is 170 Å². The van der Waals surface area contributed by atoms with E-state index in [1.165, 1.54) is 60.7 Å². The van der Waals surface area contributed by atoms with Gasteiger partial charge in [0.1, 0.15) is 23.6 Å². The third kappa shape index (κ3) is 26.3. The second-order valence-electron chi connectivity index (χ2n) is 29.1. The number of hydrogen-bond acceptors (Lipinski definition) is 24. The normalized spacial score (nSPS) is 17.5. The molecule has 3 saturated heterocycles. The monoisotopic (exact) mass is 1780 g/mol. The van der Waals surface area contributed by atoms with E-state index in [4.69, 9.17) is 115 Å². The molecule has 9 aromatic rings. The summed E-state index contributed by atoms with van der Waals surface area (Å²) in [6.07, 6.45) is -3.35. The zero-order valence-corrected chi connectivity index (χ0v) is 71.9. The van der Waals surface area contributed by atoms with Crippen LogP contribution in [0.5, 0.6) is 17.2 Å². The molecule has 6 aromatic carbocycles. The van der Waals surface area contributed by atoms with Crippen molar-refractivity contribution < 1.29 is 70.6 Å². The number of ether oxygens (including phenoxy) is 3. The van der Waals surface area contributed by atoms with Crippen LogP contribution in [0.4, 0.5) is 47.7 Å². The lowest BCUT2D eigenvalue weighted by Crippen LogP contribution is -2.55. The van der Waals surface area contributed by atoms with E-state index < -0.39 is 59.8 Å². The molecule has 121 heavy (non-hydrogen) atoms. The summed E-state index contributed by atoms with van der Waals surface area (Å²) in [7, 11) is 0. The van der Waals surface area contributed by atoms with Crippen LogP contribution in [0.2, 0.25) is 57.4 Å². The molecule has 9 atom stereocenters. The van der Waals surface area contributed by atoms with Gasteiger partial charge in [0.25, 0.3) is 43.4 Å². The number of carboxylic acids is 1. The molecule has 0 unspecified atom stereocenters. The number of nitrogen functional groups attached to an aromatic ring is 3. The van der Waals surface area contributed by atoms with Crippen molar-refractivity contribution in [2.45, 2.75) is 131 Å². The fraction of sp³-hybridized carbons (Fsp3) is 0.325. The number of benzene rings is 6. The van der Waals surface area contributed by atoms with Gasteiger partial charge in [-0.2, -0.15) is 0 Å². The Morgan fingerprint density at radius 1 is 0.438 bits per heavy atom. The Morgan fingerprint density at radius 2 is 0.727 bits per heavy atom. The van der Waals surface area contributed by atoms with Crippen LogP contribution in [0.3, 0.4) is 0 Å². The van der Waals surface area contributed by atoms with Crippen molar-refractivity contribution in [3.63, 3.8) is 0 Å². The number of carbonyl (C=O) groups excluding carboxylic acids is 5. The van der Waals surface area contributed by atoms with Crippen molar-refractivity contribution in [3.05, 3.63) is 225 Å². The second kappa shape index (κ2) is 43.4. The Bertz CT molecular complexity index is 5170. The molecule has 3 aliphatic heterocycles. The maximum Gasteiger partial charge on any atom is 0.335 e. The smallest absolute Gasteiger partial charge is 0.335 e. The van der Waals surface area contributed by atoms with E-state index in [0.29, 0.717) is 66.5 Å². The van der Waals surface area contributed by atoms with Crippen molar-refractivity contribution in [1.29, 1.82) is 0 Å². The van der Waals surface area contributed by atoms with E-state index in [0.717, 1.165) is 31.3 Å². The average molecular weight is 1790 g/mol. The average Bonchev–Trinajstić information content (AvgIpc) is 0.801. The highest BCUT2D eigenvalue weighted by Crippen LogP contribution is 2.41. The van der Waals surface area contributed by atoms with Gasteiger partial charge in [-0.25, -0.2) is 18.0 Å². The first-order valence-electron chi connectivity index (χ1n) is 38.0. The van der Waals surface area contributed by atoms with Crippen LogP contribution in [0, 0.1) is 17.5 Å². The van der Waals surface area contributed by atoms with Crippen molar-refractivity contribution in [2.75, 3.05) is 72.4 Å². The van der Waals surface area contributed by atoms with Gasteiger partial charge in [-0.1, -0.05) is 96.9 Å². The quantitative estimate of drug-likeness (QED) is 0.0170. The highest BCUT2D eigenvalue weighted by atomic mass is 35.5. The number of nitrogens with one attached hydrogen (secondary N) is 7. The lowest BCUT2D eigenvalue weighted by molar-refractivity contribution is 0.00217. The maximum atomic E-state index is 14.2. The second-order valence-corrected chi connectivity index (χ2v) is 31.5. The van der Waals surface area contributed by atoms with E-state index in [-0.39, 0.29) is 154 Å². The van der Waals surface area contributed by atoms with E-state index >= 15 is 0 Å². The summed E-state index contributed by atoms with van der Waals surface area (Å²) in [6, 6.07) is 32.0. The van der Waals surface area contributed by atoms with Crippen LogP contribution in [0.15, 0.2) is 127 Å². The number of carboxylic acid groups (broad SMARTS) is 1. The fourth-order valence-electron chi connectivity index (χ4n) is 12.6. The lowest BCUT2D eigenvalue weighted by atomic mass is 9.75. The molecule has 3 fully saturated rings. The predicted molar refractivity (Wildman–Crippen MR) is 463 cm³/mol. The molecule has 6 heterocycles. The third-order valence-corrected chi connectivity index (χ3v) is 20.2. The van der Waals surface area contributed by atoms with Crippen LogP contribution >= 0.6 is 69.6 Å². The first-order valence-corrected chi connectivity index (χ1v) is 40.2. The van der Waals surface area contributed by atoms with Crippen molar-refractivity contribution in [3.8, 4) is 17.2 Å². The molecular formula is C80H89B2Cl6F3N18O12. The van der Waals surface area contributed by atoms with Gasteiger partial charge in [0.15, 0.2) is 51.8 Å². The number of amides is 5. The molecule has 0 radical (unpaired) electrons. The number of carbonyl (C=O) groups is 6. The number of nitrogens with zero attached hydrogens (tertiary/aromatic N) is 8. The maximum absolute atomic E-state index is 14.2. The molecule has 12 rings (SSSR count). The summed E-state index contributed by atoms with van der Waals surface area (Å²) < 4.78 is 71.3. The summed E-state index contributed by atoms with van der Waals surface area (Å²) in [5.41, 5.74) is 20.0. The molecule has 0 bridgehead atoms. The van der Waals surface area contributed by atoms with Gasteiger partial charge in [0.2, 0.25) is 12.6 Å². The zero-order valence-electron chi connectivity index (χ0n) is 67.4. The summed E-state index contributed by atoms with van der Waals surface area (Å²) in [5.74, 6) is -5.61. The fourth-order valence-corrected chi connectivity index (χ4v) is 14.4. The van der Waals surface area contributed by atoms with E-state index in [9.17, 15) is 41.9 Å². The minimum atomic E-state index is -1.28. The highest BCUT2D eigenvalue weighted by molar-refractivity contribution is 6.49. The highest BCUT2D eigenvalue weighted by Gasteiger charge is 2.32. The molecule has 0 spiro atoms. The largest absolute Gasteiger partial charge is 0.482 e. The Kier molecular flexibility index (Phi) is 33.9. The molecular weight excluding hydrogens is 1700 g/mol. The van der Waals surface area contributed by atoms with Crippen LogP contribution in [0.25, 0.3) is 0 Å². The Balaban J connectivity index is 0.000000197. The van der Waals surface area contributed by atoms with Gasteiger partial charge < -0.3 is 92.8 Å². The number of anilines is 6. The number of nitrogens with two attached hydrogens (primary N) is 3. The predicted octanol–water partition coefficient (Wildman–Crippen LogP) is 14.4. The van der Waals surface area contributed by atoms with Gasteiger partial charge >= 0.3 is 5.97 Å². The number of rotatable bonds is 22. The van der Waals surface area contributed by atoms with E-state index in [1.54, 1.807) is 82.7 Å². The van der Waals surface area contributed by atoms with Crippen LogP contribution in [0.1, 0.15) is 146 Å². The van der Waals surface area contributed by atoms with Crippen LogP contribution < -0.4 is 68.6 Å². The molecule has 5 amide bonds. The first-order chi connectivity index (χ1) is 57.3.